The lowest BCUT2D eigenvalue weighted by atomic mass is 9.95. The third-order valence-electron chi connectivity index (χ3n) is 6.29. The predicted octanol–water partition coefficient (Wildman–Crippen LogP) is 8.43. The van der Waals surface area contributed by atoms with Crippen LogP contribution in [0.2, 0.25) is 0 Å². The van der Waals surface area contributed by atoms with Crippen LogP contribution in [0.4, 0.5) is 0 Å². The molecule has 0 radical (unpaired) electrons. The van der Waals surface area contributed by atoms with E-state index in [2.05, 4.69) is 133 Å². The third-order valence-corrected chi connectivity index (χ3v) is 6.29. The second-order valence-corrected chi connectivity index (χ2v) is 8.29. The monoisotopic (exact) mass is 409 g/mol. The lowest BCUT2D eigenvalue weighted by Gasteiger charge is -2.14. The molecule has 0 aliphatic rings. The summed E-state index contributed by atoms with van der Waals surface area (Å²) in [5, 5.41) is 2.58. The Balaban J connectivity index is 1.83. The van der Waals surface area contributed by atoms with E-state index in [9.17, 15) is 0 Å². The average molecular weight is 410 g/mol. The maximum atomic E-state index is 2.44. The maximum Gasteiger partial charge on any atom is 0.0620 e. The number of nitrogens with zero attached hydrogens (tertiary/aromatic N) is 1. The van der Waals surface area contributed by atoms with Crippen LogP contribution in [0.25, 0.3) is 49.7 Å². The molecule has 152 valence electrons. The molecule has 1 aromatic heterocycles. The van der Waals surface area contributed by atoms with Crippen LogP contribution in [0.5, 0.6) is 0 Å². The van der Waals surface area contributed by atoms with Gasteiger partial charge >= 0.3 is 0 Å². The molecule has 0 fully saturated rings. The van der Waals surface area contributed by atoms with Gasteiger partial charge in [-0.25, -0.2) is 0 Å². The fourth-order valence-electron chi connectivity index (χ4n) is 4.84. The third kappa shape index (κ3) is 2.94. The summed E-state index contributed by atoms with van der Waals surface area (Å²) in [7, 11) is 0. The summed E-state index contributed by atoms with van der Waals surface area (Å²) in [6.07, 6.45) is 0. The van der Waals surface area contributed by atoms with E-state index < -0.39 is 0 Å². The molecule has 0 aliphatic carbocycles. The molecule has 0 spiro atoms. The Morgan fingerprint density at radius 1 is 0.469 bits per heavy atom. The molecule has 5 aromatic carbocycles. The smallest absolute Gasteiger partial charge is 0.0620 e. The van der Waals surface area contributed by atoms with Gasteiger partial charge in [0.2, 0.25) is 0 Å². The van der Waals surface area contributed by atoms with Gasteiger partial charge in [0.05, 0.1) is 11.0 Å². The van der Waals surface area contributed by atoms with Crippen molar-refractivity contribution in [3.63, 3.8) is 0 Å². The van der Waals surface area contributed by atoms with Crippen molar-refractivity contribution in [2.75, 3.05) is 0 Å². The quantitative estimate of drug-likeness (QED) is 0.276. The van der Waals surface area contributed by atoms with Gasteiger partial charge in [-0.05, 0) is 53.4 Å². The zero-order valence-corrected chi connectivity index (χ0v) is 18.0. The molecular weight excluding hydrogens is 386 g/mol. The molecular formula is C31H23N. The minimum absolute atomic E-state index is 1.19. The van der Waals surface area contributed by atoms with E-state index in [1.54, 1.807) is 0 Å². The van der Waals surface area contributed by atoms with Crippen molar-refractivity contribution in [1.82, 2.24) is 4.57 Å². The van der Waals surface area contributed by atoms with Crippen molar-refractivity contribution in [3.05, 3.63) is 127 Å². The van der Waals surface area contributed by atoms with Gasteiger partial charge in [0, 0.05) is 22.0 Å². The summed E-state index contributed by atoms with van der Waals surface area (Å²) in [5.41, 5.74) is 9.96. The zero-order chi connectivity index (χ0) is 21.5. The molecule has 6 rings (SSSR count). The van der Waals surface area contributed by atoms with Crippen LogP contribution < -0.4 is 0 Å². The topological polar surface area (TPSA) is 4.93 Å². The van der Waals surface area contributed by atoms with Gasteiger partial charge in [0.1, 0.15) is 0 Å². The molecule has 1 heteroatoms. The van der Waals surface area contributed by atoms with Crippen molar-refractivity contribution < 1.29 is 0 Å². The standard InChI is InChI=1S/C31H23N/c1-22-12-11-19-27-29-21-25(23-13-5-2-6-14-23)20-28(24-15-7-3-8-16-24)31(29)32(30(22)27)26-17-9-4-10-18-26/h2-21H,1H3. The summed E-state index contributed by atoms with van der Waals surface area (Å²) in [4.78, 5) is 0. The van der Waals surface area contributed by atoms with Crippen LogP contribution in [-0.2, 0) is 0 Å². The van der Waals surface area contributed by atoms with E-state index >= 15 is 0 Å². The highest BCUT2D eigenvalue weighted by Gasteiger charge is 2.19. The van der Waals surface area contributed by atoms with Crippen molar-refractivity contribution in [3.8, 4) is 27.9 Å². The average Bonchev–Trinajstić information content (AvgIpc) is 3.21. The summed E-state index contributed by atoms with van der Waals surface area (Å²) >= 11 is 0. The molecule has 0 unspecified atom stereocenters. The van der Waals surface area contributed by atoms with E-state index in [0.29, 0.717) is 0 Å². The lowest BCUT2D eigenvalue weighted by Crippen LogP contribution is -1.97. The Hall–Kier alpha value is -4.10. The van der Waals surface area contributed by atoms with Crippen LogP contribution in [-0.4, -0.2) is 4.57 Å². The highest BCUT2D eigenvalue weighted by atomic mass is 15.0. The number of aromatic nitrogens is 1. The minimum Gasteiger partial charge on any atom is -0.308 e. The number of benzene rings is 5. The van der Waals surface area contributed by atoms with E-state index in [-0.39, 0.29) is 0 Å². The van der Waals surface area contributed by atoms with Gasteiger partial charge in [-0.1, -0.05) is 97.1 Å². The fourth-order valence-corrected chi connectivity index (χ4v) is 4.84. The molecule has 1 nitrogen and oxygen atoms in total. The van der Waals surface area contributed by atoms with Crippen molar-refractivity contribution in [1.29, 1.82) is 0 Å². The first-order valence-corrected chi connectivity index (χ1v) is 11.1. The Bertz CT molecular complexity index is 1540. The number of hydrogen-bond donors (Lipinski definition) is 0. The summed E-state index contributed by atoms with van der Waals surface area (Å²) < 4.78 is 2.44. The largest absolute Gasteiger partial charge is 0.308 e. The first-order chi connectivity index (χ1) is 15.8. The molecule has 0 aliphatic heterocycles. The minimum atomic E-state index is 1.19. The second kappa shape index (κ2) is 7.55. The second-order valence-electron chi connectivity index (χ2n) is 8.29. The van der Waals surface area contributed by atoms with Crippen molar-refractivity contribution in [2.45, 2.75) is 6.92 Å². The molecule has 32 heavy (non-hydrogen) atoms. The van der Waals surface area contributed by atoms with E-state index in [1.165, 1.54) is 55.3 Å². The first kappa shape index (κ1) is 18.7. The number of para-hydroxylation sites is 2. The van der Waals surface area contributed by atoms with E-state index in [4.69, 9.17) is 0 Å². The molecule has 0 amide bonds. The van der Waals surface area contributed by atoms with Crippen LogP contribution >= 0.6 is 0 Å². The van der Waals surface area contributed by atoms with Crippen LogP contribution in [0.15, 0.2) is 121 Å². The highest BCUT2D eigenvalue weighted by Crippen LogP contribution is 2.41. The van der Waals surface area contributed by atoms with Gasteiger partial charge in [-0.3, -0.25) is 0 Å². The molecule has 0 atom stereocenters. The molecule has 0 N–H and O–H groups in total. The molecule has 0 saturated heterocycles. The molecule has 1 heterocycles. The van der Waals surface area contributed by atoms with Gasteiger partial charge in [-0.15, -0.1) is 0 Å². The Kier molecular flexibility index (Phi) is 4.40. The SMILES string of the molecule is Cc1cccc2c3cc(-c4ccccc4)cc(-c4ccccc4)c3n(-c3ccccc3)c12. The number of hydrogen-bond acceptors (Lipinski definition) is 0. The zero-order valence-electron chi connectivity index (χ0n) is 18.0. The predicted molar refractivity (Wildman–Crippen MR) is 136 cm³/mol. The Labute approximate surface area is 188 Å². The Morgan fingerprint density at radius 3 is 1.78 bits per heavy atom. The highest BCUT2D eigenvalue weighted by molar-refractivity contribution is 6.16. The van der Waals surface area contributed by atoms with Crippen LogP contribution in [0, 0.1) is 6.92 Å². The van der Waals surface area contributed by atoms with E-state index in [1.807, 2.05) is 0 Å². The number of fused-ring (bicyclic) bond motifs is 3. The molecule has 6 aromatic rings. The van der Waals surface area contributed by atoms with Crippen LogP contribution in [0.1, 0.15) is 5.56 Å². The number of aryl methyl sites for hydroxylation is 1. The number of rotatable bonds is 3. The van der Waals surface area contributed by atoms with Crippen molar-refractivity contribution >= 4 is 21.8 Å². The lowest BCUT2D eigenvalue weighted by molar-refractivity contribution is 1.17. The summed E-state index contributed by atoms with van der Waals surface area (Å²) in [6.45, 7) is 2.21. The summed E-state index contributed by atoms with van der Waals surface area (Å²) in [6, 6.07) is 43.5. The molecule has 0 bridgehead atoms. The van der Waals surface area contributed by atoms with Crippen LogP contribution in [0.3, 0.4) is 0 Å². The summed E-state index contributed by atoms with van der Waals surface area (Å²) in [5.74, 6) is 0. The first-order valence-electron chi connectivity index (χ1n) is 11.1. The van der Waals surface area contributed by atoms with Gasteiger partial charge < -0.3 is 4.57 Å². The maximum absolute atomic E-state index is 2.44. The normalized spacial score (nSPS) is 11.3. The fraction of sp³-hybridized carbons (Fsp3) is 0.0323. The van der Waals surface area contributed by atoms with E-state index in [0.717, 1.165) is 0 Å². The molecule has 0 saturated carbocycles. The van der Waals surface area contributed by atoms with Gasteiger partial charge in [-0.2, -0.15) is 0 Å². The van der Waals surface area contributed by atoms with Crippen molar-refractivity contribution in [2.24, 2.45) is 0 Å². The van der Waals surface area contributed by atoms with Gasteiger partial charge in [0.15, 0.2) is 0 Å². The van der Waals surface area contributed by atoms with Gasteiger partial charge in [0.25, 0.3) is 0 Å². The Morgan fingerprint density at radius 2 is 1.09 bits per heavy atom.